The zero-order chi connectivity index (χ0) is 10.6. The van der Waals surface area contributed by atoms with Gasteiger partial charge in [0.05, 0.1) is 6.04 Å². The Balaban J connectivity index is 2.58. The topological polar surface area (TPSA) is 32.3 Å². The van der Waals surface area contributed by atoms with Crippen LogP contribution >= 0.6 is 0 Å². The highest BCUT2D eigenvalue weighted by molar-refractivity contribution is 5.94. The lowest BCUT2D eigenvalue weighted by Gasteiger charge is -2.18. The van der Waals surface area contributed by atoms with Crippen molar-refractivity contribution in [1.82, 2.24) is 4.90 Å². The summed E-state index contributed by atoms with van der Waals surface area (Å²) in [5, 5.41) is 2.84. The SMILES string of the molecule is CC(C(=O)Nc1ccccc1)N(C)C. The maximum absolute atomic E-state index is 11.6. The van der Waals surface area contributed by atoms with Gasteiger partial charge in [-0.1, -0.05) is 18.2 Å². The maximum atomic E-state index is 11.6. The van der Waals surface area contributed by atoms with Crippen LogP contribution in [-0.4, -0.2) is 30.9 Å². The molecule has 1 N–H and O–H groups in total. The molecule has 0 aliphatic heterocycles. The number of carbonyl (C=O) groups is 1. The molecule has 0 bridgehead atoms. The minimum atomic E-state index is -0.116. The molecule has 1 unspecified atom stereocenters. The number of amides is 1. The van der Waals surface area contributed by atoms with E-state index in [-0.39, 0.29) is 11.9 Å². The van der Waals surface area contributed by atoms with Crippen molar-refractivity contribution in [1.29, 1.82) is 0 Å². The fourth-order valence-electron chi connectivity index (χ4n) is 1.00. The van der Waals surface area contributed by atoms with E-state index >= 15 is 0 Å². The van der Waals surface area contributed by atoms with Crippen LogP contribution in [0.1, 0.15) is 6.92 Å². The molecule has 76 valence electrons. The Morgan fingerprint density at radius 3 is 2.36 bits per heavy atom. The van der Waals surface area contributed by atoms with E-state index in [0.717, 1.165) is 5.69 Å². The zero-order valence-corrected chi connectivity index (χ0v) is 8.82. The van der Waals surface area contributed by atoms with Crippen LogP contribution in [0.5, 0.6) is 0 Å². The minimum Gasteiger partial charge on any atom is -0.325 e. The maximum Gasteiger partial charge on any atom is 0.241 e. The molecule has 0 saturated heterocycles. The molecular weight excluding hydrogens is 176 g/mol. The van der Waals surface area contributed by atoms with Crippen molar-refractivity contribution < 1.29 is 4.79 Å². The Labute approximate surface area is 84.7 Å². The predicted molar refractivity (Wildman–Crippen MR) is 58.2 cm³/mol. The molecule has 0 saturated carbocycles. The zero-order valence-electron chi connectivity index (χ0n) is 8.82. The van der Waals surface area contributed by atoms with Crippen molar-refractivity contribution in [2.45, 2.75) is 13.0 Å². The van der Waals surface area contributed by atoms with Gasteiger partial charge in [-0.2, -0.15) is 0 Å². The second-order valence-electron chi connectivity index (χ2n) is 3.49. The number of rotatable bonds is 3. The summed E-state index contributed by atoms with van der Waals surface area (Å²) in [7, 11) is 3.77. The Bertz CT molecular complexity index is 295. The summed E-state index contributed by atoms with van der Waals surface area (Å²) in [6.07, 6.45) is 0. The molecule has 0 fully saturated rings. The van der Waals surface area contributed by atoms with E-state index in [1.165, 1.54) is 0 Å². The molecule has 3 nitrogen and oxygen atoms in total. The van der Waals surface area contributed by atoms with Gasteiger partial charge in [-0.05, 0) is 33.2 Å². The molecule has 1 aromatic carbocycles. The van der Waals surface area contributed by atoms with Gasteiger partial charge in [0.1, 0.15) is 0 Å². The number of nitrogens with one attached hydrogen (secondary N) is 1. The molecular formula is C11H16N2O. The average Bonchev–Trinajstić information content (AvgIpc) is 2.18. The van der Waals surface area contributed by atoms with Crippen molar-refractivity contribution in [2.75, 3.05) is 19.4 Å². The van der Waals surface area contributed by atoms with E-state index in [2.05, 4.69) is 5.32 Å². The summed E-state index contributed by atoms with van der Waals surface area (Å²) >= 11 is 0. The normalized spacial score (nSPS) is 12.6. The molecule has 0 aliphatic rings. The number of para-hydroxylation sites is 1. The largest absolute Gasteiger partial charge is 0.325 e. The van der Waals surface area contributed by atoms with Crippen LogP contribution in [0.3, 0.4) is 0 Å². The molecule has 1 aromatic rings. The molecule has 0 aromatic heterocycles. The van der Waals surface area contributed by atoms with Crippen LogP contribution in [-0.2, 0) is 4.79 Å². The first-order chi connectivity index (χ1) is 6.61. The fraction of sp³-hybridized carbons (Fsp3) is 0.364. The molecule has 3 heteroatoms. The van der Waals surface area contributed by atoms with Crippen LogP contribution in [0, 0.1) is 0 Å². The number of nitrogens with zero attached hydrogens (tertiary/aromatic N) is 1. The lowest BCUT2D eigenvalue weighted by molar-refractivity contribution is -0.119. The van der Waals surface area contributed by atoms with Gasteiger partial charge in [0.2, 0.25) is 5.91 Å². The Kier molecular flexibility index (Phi) is 3.65. The van der Waals surface area contributed by atoms with E-state index in [9.17, 15) is 4.79 Å². The fourth-order valence-corrected chi connectivity index (χ4v) is 1.00. The molecule has 1 amide bonds. The molecule has 1 atom stereocenters. The molecule has 0 aliphatic carbocycles. The third-order valence-electron chi connectivity index (χ3n) is 2.20. The van der Waals surface area contributed by atoms with Gasteiger partial charge in [0.25, 0.3) is 0 Å². The number of hydrogen-bond donors (Lipinski definition) is 1. The van der Waals surface area contributed by atoms with E-state index in [1.54, 1.807) is 0 Å². The van der Waals surface area contributed by atoms with Crippen LogP contribution < -0.4 is 5.32 Å². The average molecular weight is 192 g/mol. The summed E-state index contributed by atoms with van der Waals surface area (Å²) in [4.78, 5) is 13.5. The monoisotopic (exact) mass is 192 g/mol. The van der Waals surface area contributed by atoms with E-state index < -0.39 is 0 Å². The highest BCUT2D eigenvalue weighted by atomic mass is 16.2. The lowest BCUT2D eigenvalue weighted by atomic mass is 10.2. The number of hydrogen-bond acceptors (Lipinski definition) is 2. The first-order valence-corrected chi connectivity index (χ1v) is 4.63. The van der Waals surface area contributed by atoms with Crippen molar-refractivity contribution >= 4 is 11.6 Å². The van der Waals surface area contributed by atoms with Crippen LogP contribution in [0.25, 0.3) is 0 Å². The molecule has 0 spiro atoms. The van der Waals surface area contributed by atoms with Crippen molar-refractivity contribution in [3.8, 4) is 0 Å². The van der Waals surface area contributed by atoms with Crippen LogP contribution in [0.2, 0.25) is 0 Å². The van der Waals surface area contributed by atoms with E-state index in [4.69, 9.17) is 0 Å². The van der Waals surface area contributed by atoms with Crippen LogP contribution in [0.15, 0.2) is 30.3 Å². The van der Waals surface area contributed by atoms with Crippen molar-refractivity contribution in [3.05, 3.63) is 30.3 Å². The van der Waals surface area contributed by atoms with Crippen LogP contribution in [0.4, 0.5) is 5.69 Å². The minimum absolute atomic E-state index is 0.0150. The van der Waals surface area contributed by atoms with Gasteiger partial charge < -0.3 is 5.32 Å². The highest BCUT2D eigenvalue weighted by Gasteiger charge is 2.14. The highest BCUT2D eigenvalue weighted by Crippen LogP contribution is 2.06. The number of carbonyl (C=O) groups excluding carboxylic acids is 1. The van der Waals surface area contributed by atoms with Gasteiger partial charge in [-0.15, -0.1) is 0 Å². The molecule has 14 heavy (non-hydrogen) atoms. The summed E-state index contributed by atoms with van der Waals surface area (Å²) in [5.74, 6) is 0.0150. The Hall–Kier alpha value is -1.35. The quantitative estimate of drug-likeness (QED) is 0.788. The van der Waals surface area contributed by atoms with Crippen molar-refractivity contribution in [3.63, 3.8) is 0 Å². The van der Waals surface area contributed by atoms with Gasteiger partial charge in [-0.25, -0.2) is 0 Å². The van der Waals surface area contributed by atoms with E-state index in [1.807, 2.05) is 56.3 Å². The van der Waals surface area contributed by atoms with Gasteiger partial charge >= 0.3 is 0 Å². The number of benzene rings is 1. The van der Waals surface area contributed by atoms with Crippen molar-refractivity contribution in [2.24, 2.45) is 0 Å². The van der Waals surface area contributed by atoms with E-state index in [0.29, 0.717) is 0 Å². The number of likely N-dealkylation sites (N-methyl/N-ethyl adjacent to an activating group) is 1. The first kappa shape index (κ1) is 10.7. The van der Waals surface area contributed by atoms with Gasteiger partial charge in [0, 0.05) is 5.69 Å². The summed E-state index contributed by atoms with van der Waals surface area (Å²) < 4.78 is 0. The Morgan fingerprint density at radius 1 is 1.29 bits per heavy atom. The summed E-state index contributed by atoms with van der Waals surface area (Å²) in [6, 6.07) is 9.35. The molecule has 0 heterocycles. The standard InChI is InChI=1S/C11H16N2O/c1-9(13(2)3)11(14)12-10-7-5-4-6-8-10/h4-9H,1-3H3,(H,12,14). The second-order valence-corrected chi connectivity index (χ2v) is 3.49. The second kappa shape index (κ2) is 4.77. The molecule has 1 rings (SSSR count). The summed E-state index contributed by atoms with van der Waals surface area (Å²) in [5.41, 5.74) is 0.839. The van der Waals surface area contributed by atoms with Gasteiger partial charge in [0.15, 0.2) is 0 Å². The third-order valence-corrected chi connectivity index (χ3v) is 2.20. The van der Waals surface area contributed by atoms with Gasteiger partial charge in [-0.3, -0.25) is 9.69 Å². The Morgan fingerprint density at radius 2 is 1.86 bits per heavy atom. The molecule has 0 radical (unpaired) electrons. The lowest BCUT2D eigenvalue weighted by Crippen LogP contribution is -2.37. The third kappa shape index (κ3) is 2.85. The first-order valence-electron chi connectivity index (χ1n) is 4.63. The predicted octanol–water partition coefficient (Wildman–Crippen LogP) is 1.58. The number of anilines is 1. The smallest absolute Gasteiger partial charge is 0.241 e. The summed E-state index contributed by atoms with van der Waals surface area (Å²) in [6.45, 7) is 1.87.